The Labute approximate surface area is 177 Å². The lowest BCUT2D eigenvalue weighted by Gasteiger charge is -2.25. The summed E-state index contributed by atoms with van der Waals surface area (Å²) < 4.78 is 11.2. The van der Waals surface area contributed by atoms with Crippen LogP contribution in [-0.2, 0) is 14.3 Å². The fourth-order valence-corrected chi connectivity index (χ4v) is 3.73. The van der Waals surface area contributed by atoms with Gasteiger partial charge in [0.05, 0.1) is 25.3 Å². The van der Waals surface area contributed by atoms with E-state index in [0.717, 1.165) is 15.6 Å². The number of hydrogen-bond acceptors (Lipinski definition) is 5. The van der Waals surface area contributed by atoms with Gasteiger partial charge in [-0.15, -0.1) is 0 Å². The van der Waals surface area contributed by atoms with E-state index in [0.29, 0.717) is 11.3 Å². The molecule has 0 saturated carbocycles. The van der Waals surface area contributed by atoms with Crippen LogP contribution in [0.1, 0.15) is 22.7 Å². The highest BCUT2D eigenvalue weighted by Crippen LogP contribution is 2.40. The van der Waals surface area contributed by atoms with Gasteiger partial charge in [0, 0.05) is 23.7 Å². The predicted molar refractivity (Wildman–Crippen MR) is 113 cm³/mol. The van der Waals surface area contributed by atoms with E-state index in [1.165, 1.54) is 12.0 Å². The molecule has 29 heavy (non-hydrogen) atoms. The molecule has 0 spiro atoms. The average molecular weight is 460 g/mol. The van der Waals surface area contributed by atoms with Gasteiger partial charge in [-0.05, 0) is 48.4 Å². The summed E-state index contributed by atoms with van der Waals surface area (Å²) in [6.45, 7) is 2.33. The van der Waals surface area contributed by atoms with Crippen LogP contribution in [0.15, 0.2) is 52.5 Å². The number of carbonyl (C=O) groups is 2. The number of aliphatic hydroxyl groups is 1. The van der Waals surface area contributed by atoms with E-state index >= 15 is 0 Å². The normalized spacial score (nSPS) is 18.3. The fourth-order valence-electron chi connectivity index (χ4n) is 3.47. The van der Waals surface area contributed by atoms with Crippen LogP contribution in [0.2, 0.25) is 0 Å². The molecule has 0 aromatic heterocycles. The highest BCUT2D eigenvalue weighted by atomic mass is 79.9. The van der Waals surface area contributed by atoms with Crippen molar-refractivity contribution in [2.45, 2.75) is 13.0 Å². The standard InChI is InChI=1S/C22H22BrNO5/c1-13-12-16(29-3)8-9-17(13)20(25)18-19(14-4-6-15(23)7-5-14)24(10-11-28-2)22(27)21(18)26/h4-9,12,19,25H,10-11H2,1-3H3/b20-18+/t19-/m0/s1. The van der Waals surface area contributed by atoms with Crippen LogP contribution >= 0.6 is 15.9 Å². The molecule has 1 saturated heterocycles. The van der Waals surface area contributed by atoms with Crippen molar-refractivity contribution in [1.29, 1.82) is 0 Å². The highest BCUT2D eigenvalue weighted by Gasteiger charge is 2.45. The monoisotopic (exact) mass is 459 g/mol. The van der Waals surface area contributed by atoms with Crippen molar-refractivity contribution in [2.24, 2.45) is 0 Å². The highest BCUT2D eigenvalue weighted by molar-refractivity contribution is 9.10. The smallest absolute Gasteiger partial charge is 0.295 e. The van der Waals surface area contributed by atoms with Crippen molar-refractivity contribution in [3.8, 4) is 5.75 Å². The molecule has 1 amide bonds. The first-order valence-electron chi connectivity index (χ1n) is 9.06. The number of methoxy groups -OCH3 is 2. The topological polar surface area (TPSA) is 76.1 Å². The van der Waals surface area contributed by atoms with E-state index in [4.69, 9.17) is 9.47 Å². The van der Waals surface area contributed by atoms with Gasteiger partial charge in [0.25, 0.3) is 11.7 Å². The van der Waals surface area contributed by atoms with Gasteiger partial charge in [0.1, 0.15) is 11.5 Å². The summed E-state index contributed by atoms with van der Waals surface area (Å²) in [5.41, 5.74) is 2.02. The van der Waals surface area contributed by atoms with Crippen LogP contribution in [0.3, 0.4) is 0 Å². The lowest BCUT2D eigenvalue weighted by molar-refractivity contribution is -0.140. The van der Waals surface area contributed by atoms with Gasteiger partial charge in [0.15, 0.2) is 0 Å². The first-order chi connectivity index (χ1) is 13.9. The predicted octanol–water partition coefficient (Wildman–Crippen LogP) is 3.83. The molecule has 3 rings (SSSR count). The summed E-state index contributed by atoms with van der Waals surface area (Å²) in [6.07, 6.45) is 0. The van der Waals surface area contributed by atoms with Crippen molar-refractivity contribution in [3.05, 3.63) is 69.2 Å². The Morgan fingerprint density at radius 3 is 2.41 bits per heavy atom. The summed E-state index contributed by atoms with van der Waals surface area (Å²) in [5, 5.41) is 11.1. The summed E-state index contributed by atoms with van der Waals surface area (Å²) >= 11 is 3.40. The van der Waals surface area contributed by atoms with Crippen molar-refractivity contribution in [3.63, 3.8) is 0 Å². The number of halogens is 1. The number of ether oxygens (including phenoxy) is 2. The first kappa shape index (κ1) is 21.1. The van der Waals surface area contributed by atoms with Gasteiger partial charge in [-0.25, -0.2) is 0 Å². The van der Waals surface area contributed by atoms with Crippen LogP contribution in [0.25, 0.3) is 5.76 Å². The largest absolute Gasteiger partial charge is 0.507 e. The van der Waals surface area contributed by atoms with E-state index < -0.39 is 17.7 Å². The summed E-state index contributed by atoms with van der Waals surface area (Å²) in [5.74, 6) is -0.912. The van der Waals surface area contributed by atoms with Crippen LogP contribution in [0, 0.1) is 6.92 Å². The van der Waals surface area contributed by atoms with E-state index in [9.17, 15) is 14.7 Å². The Hall–Kier alpha value is -2.64. The number of amides is 1. The molecular weight excluding hydrogens is 438 g/mol. The van der Waals surface area contributed by atoms with Gasteiger partial charge in [0.2, 0.25) is 0 Å². The fraction of sp³-hybridized carbons (Fsp3) is 0.273. The molecule has 1 aliphatic heterocycles. The lowest BCUT2D eigenvalue weighted by atomic mass is 9.94. The number of likely N-dealkylation sites (tertiary alicyclic amines) is 1. The second kappa shape index (κ2) is 8.80. The molecule has 1 atom stereocenters. The quantitative estimate of drug-likeness (QED) is 0.403. The molecule has 0 bridgehead atoms. The first-order valence-corrected chi connectivity index (χ1v) is 9.86. The number of Topliss-reactive ketones (excluding diaryl/α,β-unsaturated/α-hetero) is 1. The maximum atomic E-state index is 12.9. The zero-order valence-corrected chi connectivity index (χ0v) is 18.0. The maximum Gasteiger partial charge on any atom is 0.295 e. The lowest BCUT2D eigenvalue weighted by Crippen LogP contribution is -2.32. The SMILES string of the molecule is COCCN1C(=O)C(=O)/C(=C(/O)c2ccc(OC)cc2C)[C@@H]1c1ccc(Br)cc1. The van der Waals surface area contributed by atoms with Gasteiger partial charge in [-0.3, -0.25) is 9.59 Å². The molecule has 152 valence electrons. The minimum absolute atomic E-state index is 0.0710. The zero-order chi connectivity index (χ0) is 21.1. The molecule has 1 aliphatic rings. The second-order valence-electron chi connectivity index (χ2n) is 6.72. The number of hydrogen-bond donors (Lipinski definition) is 1. The molecule has 0 aliphatic carbocycles. The number of ketones is 1. The minimum Gasteiger partial charge on any atom is -0.507 e. The van der Waals surface area contributed by atoms with Crippen molar-refractivity contribution >= 4 is 33.4 Å². The number of nitrogens with zero attached hydrogens (tertiary/aromatic N) is 1. The molecule has 2 aromatic carbocycles. The number of rotatable bonds is 6. The van der Waals surface area contributed by atoms with Gasteiger partial charge >= 0.3 is 0 Å². The van der Waals surface area contributed by atoms with E-state index in [-0.39, 0.29) is 24.5 Å². The molecule has 0 radical (unpaired) electrons. The number of carbonyl (C=O) groups excluding carboxylic acids is 2. The van der Waals surface area contributed by atoms with Crippen LogP contribution in [0.5, 0.6) is 5.75 Å². The molecule has 2 aromatic rings. The molecule has 7 heteroatoms. The zero-order valence-electron chi connectivity index (χ0n) is 16.4. The molecular formula is C22H22BrNO5. The van der Waals surface area contributed by atoms with E-state index in [1.54, 1.807) is 25.3 Å². The Kier molecular flexibility index (Phi) is 6.39. The van der Waals surface area contributed by atoms with Crippen molar-refractivity contribution in [2.75, 3.05) is 27.4 Å². The Morgan fingerprint density at radius 1 is 1.14 bits per heavy atom. The third kappa shape index (κ3) is 4.06. The molecule has 1 heterocycles. The molecule has 6 nitrogen and oxygen atoms in total. The van der Waals surface area contributed by atoms with Crippen molar-refractivity contribution in [1.82, 2.24) is 4.90 Å². The Balaban J connectivity index is 2.17. The summed E-state index contributed by atoms with van der Waals surface area (Å²) in [4.78, 5) is 27.1. The summed E-state index contributed by atoms with van der Waals surface area (Å²) in [6, 6.07) is 11.8. The minimum atomic E-state index is -0.707. The molecule has 0 unspecified atom stereocenters. The number of aliphatic hydroxyl groups excluding tert-OH is 1. The van der Waals surface area contributed by atoms with Crippen LogP contribution in [-0.4, -0.2) is 49.1 Å². The molecule has 1 fully saturated rings. The van der Waals surface area contributed by atoms with Gasteiger partial charge in [-0.1, -0.05) is 28.1 Å². The third-order valence-corrected chi connectivity index (χ3v) is 5.48. The van der Waals surface area contributed by atoms with E-state index in [1.807, 2.05) is 31.2 Å². The van der Waals surface area contributed by atoms with Crippen molar-refractivity contribution < 1.29 is 24.2 Å². The number of aryl methyl sites for hydroxylation is 1. The third-order valence-electron chi connectivity index (χ3n) is 4.95. The number of benzene rings is 2. The van der Waals surface area contributed by atoms with Crippen LogP contribution < -0.4 is 4.74 Å². The Morgan fingerprint density at radius 2 is 1.83 bits per heavy atom. The average Bonchev–Trinajstić information content (AvgIpc) is 2.96. The van der Waals surface area contributed by atoms with Gasteiger partial charge in [-0.2, -0.15) is 0 Å². The van der Waals surface area contributed by atoms with E-state index in [2.05, 4.69) is 15.9 Å². The summed E-state index contributed by atoms with van der Waals surface area (Å²) in [7, 11) is 3.09. The van der Waals surface area contributed by atoms with Gasteiger partial charge < -0.3 is 19.5 Å². The second-order valence-corrected chi connectivity index (χ2v) is 7.63. The molecule has 1 N–H and O–H groups in total. The maximum absolute atomic E-state index is 12.9. The Bertz CT molecular complexity index is 968. The van der Waals surface area contributed by atoms with Crippen LogP contribution in [0.4, 0.5) is 0 Å².